The molecule has 0 spiro atoms. The number of rotatable bonds is 4. The number of aromatic nitrogens is 2. The summed E-state index contributed by atoms with van der Waals surface area (Å²) >= 11 is 17.4. The summed E-state index contributed by atoms with van der Waals surface area (Å²) in [7, 11) is 0. The first kappa shape index (κ1) is 16.8. The Morgan fingerprint density at radius 3 is 2.71 bits per heavy atom. The summed E-state index contributed by atoms with van der Waals surface area (Å²) < 4.78 is 1.86. The van der Waals surface area contributed by atoms with E-state index in [-0.39, 0.29) is 0 Å². The Labute approximate surface area is 155 Å². The van der Waals surface area contributed by atoms with Gasteiger partial charge >= 0.3 is 0 Å². The second kappa shape index (κ2) is 7.66. The summed E-state index contributed by atoms with van der Waals surface area (Å²) in [4.78, 5) is 0. The van der Waals surface area contributed by atoms with Crippen molar-refractivity contribution in [3.8, 4) is 0 Å². The van der Waals surface area contributed by atoms with Crippen molar-refractivity contribution >= 4 is 51.9 Å². The number of hydrogen-bond donors (Lipinski definition) is 2. The van der Waals surface area contributed by atoms with Gasteiger partial charge in [-0.3, -0.25) is 4.68 Å². The summed E-state index contributed by atoms with van der Waals surface area (Å²) in [5.74, 6) is 0. The predicted octanol–water partition coefficient (Wildman–Crippen LogP) is 5.05. The summed E-state index contributed by atoms with van der Waals surface area (Å²) in [6.45, 7) is 0.700. The van der Waals surface area contributed by atoms with E-state index >= 15 is 0 Å². The molecule has 2 aromatic carbocycles. The van der Waals surface area contributed by atoms with E-state index < -0.39 is 0 Å². The normalized spacial score (nSPS) is 10.4. The molecule has 0 aliphatic heterocycles. The van der Waals surface area contributed by atoms with Crippen molar-refractivity contribution in [2.24, 2.45) is 0 Å². The van der Waals surface area contributed by atoms with Crippen molar-refractivity contribution < 1.29 is 0 Å². The second-order valence-electron chi connectivity index (χ2n) is 5.11. The number of anilines is 2. The fourth-order valence-corrected chi connectivity index (χ4v) is 2.89. The number of hydrogen-bond acceptors (Lipinski definition) is 2. The lowest BCUT2D eigenvalue weighted by molar-refractivity contribution is 0.687. The molecule has 0 saturated carbocycles. The van der Waals surface area contributed by atoms with Crippen LogP contribution in [-0.4, -0.2) is 14.9 Å². The summed E-state index contributed by atoms with van der Waals surface area (Å²) in [6.07, 6.45) is 3.69. The maximum Gasteiger partial charge on any atom is 0.175 e. The van der Waals surface area contributed by atoms with Crippen LogP contribution in [0.3, 0.4) is 0 Å². The number of halogens is 2. The zero-order valence-electron chi connectivity index (χ0n) is 12.5. The molecule has 0 unspecified atom stereocenters. The van der Waals surface area contributed by atoms with Crippen molar-refractivity contribution in [1.29, 1.82) is 0 Å². The van der Waals surface area contributed by atoms with E-state index in [0.29, 0.717) is 27.4 Å². The van der Waals surface area contributed by atoms with Crippen LogP contribution in [0, 0.1) is 0 Å². The molecule has 1 heterocycles. The van der Waals surface area contributed by atoms with E-state index in [0.717, 1.165) is 11.3 Å². The quantitative estimate of drug-likeness (QED) is 0.625. The average molecular weight is 377 g/mol. The third-order valence-electron chi connectivity index (χ3n) is 3.27. The summed E-state index contributed by atoms with van der Waals surface area (Å²) in [6, 6.07) is 15.1. The standard InChI is InChI=1S/C17H14Cl2N4S/c18-13-5-6-16(15(19)10-13)22-17(24)21-14-4-1-3-12(9-14)11-23-8-2-7-20-23/h1-10H,11H2,(H2,21,22,24). The summed E-state index contributed by atoms with van der Waals surface area (Å²) in [5, 5.41) is 12.0. The van der Waals surface area contributed by atoms with Crippen molar-refractivity contribution in [1.82, 2.24) is 9.78 Å². The molecule has 4 nitrogen and oxygen atoms in total. The third kappa shape index (κ3) is 4.47. The molecular weight excluding hydrogens is 363 g/mol. The fourth-order valence-electron chi connectivity index (χ4n) is 2.20. The highest BCUT2D eigenvalue weighted by atomic mass is 35.5. The third-order valence-corrected chi connectivity index (χ3v) is 4.02. The van der Waals surface area contributed by atoms with Gasteiger partial charge in [0.25, 0.3) is 0 Å². The highest BCUT2D eigenvalue weighted by molar-refractivity contribution is 7.80. The molecule has 1 aromatic heterocycles. The van der Waals surface area contributed by atoms with Gasteiger partial charge in [0.15, 0.2) is 5.11 Å². The molecule has 0 fully saturated rings. The van der Waals surface area contributed by atoms with Crippen LogP contribution in [0.2, 0.25) is 10.0 Å². The van der Waals surface area contributed by atoms with Crippen LogP contribution in [0.25, 0.3) is 0 Å². The second-order valence-corrected chi connectivity index (χ2v) is 6.36. The Bertz CT molecular complexity index is 850. The Morgan fingerprint density at radius 1 is 1.08 bits per heavy atom. The number of nitrogens with one attached hydrogen (secondary N) is 2. The van der Waals surface area contributed by atoms with Crippen LogP contribution in [0.5, 0.6) is 0 Å². The first-order valence-electron chi connectivity index (χ1n) is 7.19. The van der Waals surface area contributed by atoms with Gasteiger partial charge < -0.3 is 10.6 Å². The molecule has 0 aliphatic rings. The van der Waals surface area contributed by atoms with Crippen LogP contribution in [0.15, 0.2) is 60.9 Å². The molecule has 122 valence electrons. The van der Waals surface area contributed by atoms with Crippen molar-refractivity contribution in [2.45, 2.75) is 6.54 Å². The monoisotopic (exact) mass is 376 g/mol. The number of benzene rings is 2. The highest BCUT2D eigenvalue weighted by Crippen LogP contribution is 2.25. The lowest BCUT2D eigenvalue weighted by Gasteiger charge is -2.13. The largest absolute Gasteiger partial charge is 0.332 e. The topological polar surface area (TPSA) is 41.9 Å². The molecule has 24 heavy (non-hydrogen) atoms. The number of nitrogens with zero attached hydrogens (tertiary/aromatic N) is 2. The Kier molecular flexibility index (Phi) is 5.35. The lowest BCUT2D eigenvalue weighted by atomic mass is 10.2. The minimum Gasteiger partial charge on any atom is -0.332 e. The SMILES string of the molecule is S=C(Nc1cccc(Cn2cccn2)c1)Nc1ccc(Cl)cc1Cl. The minimum absolute atomic E-state index is 0.454. The maximum absolute atomic E-state index is 6.14. The Balaban J connectivity index is 1.65. The summed E-state index contributed by atoms with van der Waals surface area (Å²) in [5.41, 5.74) is 2.71. The zero-order chi connectivity index (χ0) is 16.9. The molecule has 7 heteroatoms. The fraction of sp³-hybridized carbons (Fsp3) is 0.0588. The van der Waals surface area contributed by atoms with E-state index in [1.54, 1.807) is 24.4 Å². The van der Waals surface area contributed by atoms with E-state index in [1.165, 1.54) is 0 Å². The van der Waals surface area contributed by atoms with E-state index in [1.807, 2.05) is 41.2 Å². The first-order valence-corrected chi connectivity index (χ1v) is 8.36. The van der Waals surface area contributed by atoms with Crippen LogP contribution < -0.4 is 10.6 Å². The highest BCUT2D eigenvalue weighted by Gasteiger charge is 2.05. The van der Waals surface area contributed by atoms with Crippen LogP contribution >= 0.6 is 35.4 Å². The molecule has 0 amide bonds. The lowest BCUT2D eigenvalue weighted by Crippen LogP contribution is -2.19. The molecule has 0 radical (unpaired) electrons. The maximum atomic E-state index is 6.14. The van der Waals surface area contributed by atoms with Gasteiger partial charge in [0.05, 0.1) is 17.3 Å². The average Bonchev–Trinajstić information content (AvgIpc) is 3.03. The van der Waals surface area contributed by atoms with E-state index in [4.69, 9.17) is 35.4 Å². The molecule has 2 N–H and O–H groups in total. The van der Waals surface area contributed by atoms with Crippen molar-refractivity contribution in [3.05, 3.63) is 76.5 Å². The first-order chi connectivity index (χ1) is 11.6. The van der Waals surface area contributed by atoms with E-state index in [9.17, 15) is 0 Å². The van der Waals surface area contributed by atoms with Crippen LogP contribution in [0.4, 0.5) is 11.4 Å². The Morgan fingerprint density at radius 2 is 1.96 bits per heavy atom. The smallest absolute Gasteiger partial charge is 0.175 e. The van der Waals surface area contributed by atoms with Gasteiger partial charge in [-0.25, -0.2) is 0 Å². The van der Waals surface area contributed by atoms with Crippen LogP contribution in [-0.2, 0) is 6.54 Å². The van der Waals surface area contributed by atoms with Gasteiger partial charge in [0.1, 0.15) is 0 Å². The molecule has 0 atom stereocenters. The predicted molar refractivity (Wildman–Crippen MR) is 104 cm³/mol. The van der Waals surface area contributed by atoms with Gasteiger partial charge in [0, 0.05) is 23.1 Å². The van der Waals surface area contributed by atoms with Crippen molar-refractivity contribution in [2.75, 3.05) is 10.6 Å². The van der Waals surface area contributed by atoms with Gasteiger partial charge in [0.2, 0.25) is 0 Å². The minimum atomic E-state index is 0.454. The van der Waals surface area contributed by atoms with Gasteiger partial charge in [-0.2, -0.15) is 5.10 Å². The van der Waals surface area contributed by atoms with Crippen LogP contribution in [0.1, 0.15) is 5.56 Å². The van der Waals surface area contributed by atoms with Gasteiger partial charge in [-0.05, 0) is 54.2 Å². The zero-order valence-corrected chi connectivity index (χ0v) is 14.9. The molecule has 3 aromatic rings. The molecular formula is C17H14Cl2N4S. The molecule has 0 bridgehead atoms. The number of thiocarbonyl (C=S) groups is 1. The van der Waals surface area contributed by atoms with E-state index in [2.05, 4.69) is 15.7 Å². The molecule has 0 saturated heterocycles. The molecule has 3 rings (SSSR count). The Hall–Kier alpha value is -2.08. The molecule has 0 aliphatic carbocycles. The van der Waals surface area contributed by atoms with Gasteiger partial charge in [-0.15, -0.1) is 0 Å². The van der Waals surface area contributed by atoms with Gasteiger partial charge in [-0.1, -0.05) is 35.3 Å². The van der Waals surface area contributed by atoms with Crippen molar-refractivity contribution in [3.63, 3.8) is 0 Å².